The van der Waals surface area contributed by atoms with Crippen LogP contribution in [0.3, 0.4) is 0 Å². The van der Waals surface area contributed by atoms with E-state index < -0.39 is 5.97 Å². The van der Waals surface area contributed by atoms with Gasteiger partial charge in [0, 0.05) is 13.1 Å². The minimum atomic E-state index is -0.647. The summed E-state index contributed by atoms with van der Waals surface area (Å²) in [5, 5.41) is 9.01. The maximum atomic E-state index is 10.9. The van der Waals surface area contributed by atoms with Gasteiger partial charge in [-0.05, 0) is 24.8 Å². The summed E-state index contributed by atoms with van der Waals surface area (Å²) in [5.41, 5.74) is 0.211. The molecule has 0 amide bonds. The molecule has 14 heavy (non-hydrogen) atoms. The fourth-order valence-corrected chi connectivity index (χ4v) is 2.13. The van der Waals surface area contributed by atoms with Crippen LogP contribution >= 0.6 is 0 Å². The van der Waals surface area contributed by atoms with Crippen molar-refractivity contribution in [1.29, 1.82) is 0 Å². The third kappa shape index (κ3) is 2.71. The first-order chi connectivity index (χ1) is 6.30. The first kappa shape index (κ1) is 11.5. The number of hydrogen-bond acceptors (Lipinski definition) is 2. The first-order valence-electron chi connectivity index (χ1n) is 5.22. The number of hydrogen-bond donors (Lipinski definition) is 1. The summed E-state index contributed by atoms with van der Waals surface area (Å²) in [6.07, 6.45) is 0.823. The molecule has 0 saturated carbocycles. The van der Waals surface area contributed by atoms with Crippen LogP contribution in [0.2, 0.25) is 0 Å². The van der Waals surface area contributed by atoms with E-state index in [9.17, 15) is 4.79 Å². The van der Waals surface area contributed by atoms with E-state index in [0.29, 0.717) is 12.5 Å². The Morgan fingerprint density at radius 2 is 1.93 bits per heavy atom. The van der Waals surface area contributed by atoms with Crippen LogP contribution in [0.1, 0.15) is 27.2 Å². The SMILES string of the molecule is CN1CC(C(=O)O)CC(C(C)(C)C)C1. The molecule has 0 spiro atoms. The fourth-order valence-electron chi connectivity index (χ4n) is 2.13. The van der Waals surface area contributed by atoms with Crippen molar-refractivity contribution in [2.75, 3.05) is 20.1 Å². The third-order valence-corrected chi connectivity index (χ3v) is 3.21. The summed E-state index contributed by atoms with van der Waals surface area (Å²) >= 11 is 0. The quantitative estimate of drug-likeness (QED) is 0.698. The molecule has 0 aliphatic carbocycles. The van der Waals surface area contributed by atoms with E-state index in [1.165, 1.54) is 0 Å². The van der Waals surface area contributed by atoms with E-state index in [0.717, 1.165) is 13.0 Å². The Morgan fingerprint density at radius 1 is 1.36 bits per heavy atom. The van der Waals surface area contributed by atoms with E-state index in [1.807, 2.05) is 7.05 Å². The monoisotopic (exact) mass is 199 g/mol. The standard InChI is InChI=1S/C11H21NO2/c1-11(2,3)9-5-8(10(13)14)6-12(4)7-9/h8-9H,5-7H2,1-4H3,(H,13,14). The zero-order chi connectivity index (χ0) is 10.9. The van der Waals surface area contributed by atoms with Crippen LogP contribution in [-0.2, 0) is 4.79 Å². The third-order valence-electron chi connectivity index (χ3n) is 3.21. The van der Waals surface area contributed by atoms with Crippen LogP contribution in [0, 0.1) is 17.3 Å². The molecule has 1 fully saturated rings. The lowest BCUT2D eigenvalue weighted by atomic mass is 9.73. The van der Waals surface area contributed by atoms with Gasteiger partial charge in [0.1, 0.15) is 0 Å². The second-order valence-corrected chi connectivity index (χ2v) is 5.56. The van der Waals surface area contributed by atoms with Gasteiger partial charge in [0.25, 0.3) is 0 Å². The highest BCUT2D eigenvalue weighted by atomic mass is 16.4. The molecule has 1 N–H and O–H groups in total. The van der Waals surface area contributed by atoms with Crippen molar-refractivity contribution in [2.45, 2.75) is 27.2 Å². The molecule has 1 aliphatic heterocycles. The van der Waals surface area contributed by atoms with Gasteiger partial charge in [0.15, 0.2) is 0 Å². The van der Waals surface area contributed by atoms with Gasteiger partial charge in [-0.1, -0.05) is 20.8 Å². The molecule has 2 unspecified atom stereocenters. The average molecular weight is 199 g/mol. The maximum Gasteiger partial charge on any atom is 0.307 e. The number of piperidine rings is 1. The fraction of sp³-hybridized carbons (Fsp3) is 0.909. The normalized spacial score (nSPS) is 30.3. The number of carbonyl (C=O) groups is 1. The van der Waals surface area contributed by atoms with Crippen LogP contribution in [0.5, 0.6) is 0 Å². The Bertz CT molecular complexity index is 220. The number of aliphatic carboxylic acids is 1. The summed E-state index contributed by atoms with van der Waals surface area (Å²) in [6, 6.07) is 0. The average Bonchev–Trinajstić information content (AvgIpc) is 2.01. The van der Waals surface area contributed by atoms with Gasteiger partial charge in [-0.2, -0.15) is 0 Å². The second kappa shape index (κ2) is 3.89. The lowest BCUT2D eigenvalue weighted by Gasteiger charge is -2.40. The molecule has 1 saturated heterocycles. The molecule has 0 bridgehead atoms. The Hall–Kier alpha value is -0.570. The smallest absolute Gasteiger partial charge is 0.307 e. The van der Waals surface area contributed by atoms with Crippen molar-refractivity contribution in [2.24, 2.45) is 17.3 Å². The Morgan fingerprint density at radius 3 is 2.36 bits per heavy atom. The van der Waals surface area contributed by atoms with E-state index in [-0.39, 0.29) is 11.3 Å². The van der Waals surface area contributed by atoms with Crippen molar-refractivity contribution < 1.29 is 9.90 Å². The molecule has 0 aromatic rings. The van der Waals surface area contributed by atoms with Crippen molar-refractivity contribution in [3.63, 3.8) is 0 Å². The molecule has 82 valence electrons. The molecule has 1 rings (SSSR count). The Balaban J connectivity index is 2.68. The topological polar surface area (TPSA) is 40.5 Å². The summed E-state index contributed by atoms with van der Waals surface area (Å²) < 4.78 is 0. The number of rotatable bonds is 1. The van der Waals surface area contributed by atoms with Crippen LogP contribution in [-0.4, -0.2) is 36.1 Å². The van der Waals surface area contributed by atoms with E-state index in [1.54, 1.807) is 0 Å². The van der Waals surface area contributed by atoms with Crippen molar-refractivity contribution in [3.8, 4) is 0 Å². The first-order valence-corrected chi connectivity index (χ1v) is 5.22. The number of likely N-dealkylation sites (tertiary alicyclic amines) is 1. The molecular formula is C11H21NO2. The number of nitrogens with zero attached hydrogens (tertiary/aromatic N) is 1. The highest BCUT2D eigenvalue weighted by Crippen LogP contribution is 2.35. The molecule has 2 atom stereocenters. The van der Waals surface area contributed by atoms with E-state index in [2.05, 4.69) is 25.7 Å². The van der Waals surface area contributed by atoms with Crippen molar-refractivity contribution >= 4 is 5.97 Å². The van der Waals surface area contributed by atoms with Gasteiger partial charge in [-0.15, -0.1) is 0 Å². The maximum absolute atomic E-state index is 10.9. The largest absolute Gasteiger partial charge is 0.481 e. The molecular weight excluding hydrogens is 178 g/mol. The van der Waals surface area contributed by atoms with Gasteiger partial charge in [-0.25, -0.2) is 0 Å². The second-order valence-electron chi connectivity index (χ2n) is 5.56. The van der Waals surface area contributed by atoms with Crippen LogP contribution < -0.4 is 0 Å². The summed E-state index contributed by atoms with van der Waals surface area (Å²) in [6.45, 7) is 8.29. The molecule has 0 aromatic carbocycles. The van der Waals surface area contributed by atoms with Crippen molar-refractivity contribution in [3.05, 3.63) is 0 Å². The van der Waals surface area contributed by atoms with Gasteiger partial charge in [0.05, 0.1) is 5.92 Å². The Labute approximate surface area is 86.1 Å². The highest BCUT2D eigenvalue weighted by Gasteiger charge is 2.35. The zero-order valence-corrected chi connectivity index (χ0v) is 9.58. The summed E-state index contributed by atoms with van der Waals surface area (Å²) in [5.74, 6) is -0.342. The van der Waals surface area contributed by atoms with Crippen molar-refractivity contribution in [1.82, 2.24) is 4.90 Å². The number of carboxylic acids is 1. The van der Waals surface area contributed by atoms with Crippen LogP contribution in [0.25, 0.3) is 0 Å². The van der Waals surface area contributed by atoms with Crippen LogP contribution in [0.4, 0.5) is 0 Å². The molecule has 0 aromatic heterocycles. The molecule has 3 heteroatoms. The van der Waals surface area contributed by atoms with Crippen LogP contribution in [0.15, 0.2) is 0 Å². The molecule has 0 radical (unpaired) electrons. The predicted molar refractivity (Wildman–Crippen MR) is 56.2 cm³/mol. The van der Waals surface area contributed by atoms with Gasteiger partial charge < -0.3 is 10.0 Å². The minimum Gasteiger partial charge on any atom is -0.481 e. The van der Waals surface area contributed by atoms with Gasteiger partial charge in [-0.3, -0.25) is 4.79 Å². The summed E-state index contributed by atoms with van der Waals surface area (Å²) in [4.78, 5) is 13.1. The summed E-state index contributed by atoms with van der Waals surface area (Å²) in [7, 11) is 2.01. The van der Waals surface area contributed by atoms with E-state index >= 15 is 0 Å². The molecule has 1 heterocycles. The minimum absolute atomic E-state index is 0.182. The molecule has 3 nitrogen and oxygen atoms in total. The van der Waals surface area contributed by atoms with Gasteiger partial charge >= 0.3 is 5.97 Å². The number of carboxylic acid groups (broad SMARTS) is 1. The lowest BCUT2D eigenvalue weighted by Crippen LogP contribution is -2.45. The zero-order valence-electron chi connectivity index (χ0n) is 9.58. The van der Waals surface area contributed by atoms with Gasteiger partial charge in [0.2, 0.25) is 0 Å². The highest BCUT2D eigenvalue weighted by molar-refractivity contribution is 5.70. The van der Waals surface area contributed by atoms with E-state index in [4.69, 9.17) is 5.11 Å². The Kier molecular flexibility index (Phi) is 3.20. The predicted octanol–water partition coefficient (Wildman–Crippen LogP) is 1.68. The lowest BCUT2D eigenvalue weighted by molar-refractivity contribution is -0.144. The molecule has 1 aliphatic rings.